The lowest BCUT2D eigenvalue weighted by Gasteiger charge is -2.23. The van der Waals surface area contributed by atoms with Crippen molar-refractivity contribution in [2.75, 3.05) is 19.8 Å². The van der Waals surface area contributed by atoms with E-state index in [1.807, 2.05) is 32.0 Å². The Morgan fingerprint density at radius 2 is 2.10 bits per heavy atom. The third kappa shape index (κ3) is 3.31. The second-order valence-electron chi connectivity index (χ2n) is 5.39. The molecule has 0 saturated carbocycles. The number of aryl methyl sites for hydroxylation is 2. The lowest BCUT2D eigenvalue weighted by molar-refractivity contribution is -0.133. The maximum atomic E-state index is 12.1. The Hall–Kier alpha value is -1.55. The highest BCUT2D eigenvalue weighted by atomic mass is 16.5. The minimum absolute atomic E-state index is 0.00250. The molecule has 1 saturated heterocycles. The molecular weight excluding hydrogens is 254 g/mol. The van der Waals surface area contributed by atoms with Gasteiger partial charge in [0.15, 0.2) is 0 Å². The van der Waals surface area contributed by atoms with E-state index in [0.29, 0.717) is 13.0 Å². The fraction of sp³-hybridized carbons (Fsp3) is 0.562. The minimum Gasteiger partial charge on any atom is -0.493 e. The van der Waals surface area contributed by atoms with Crippen molar-refractivity contribution in [3.05, 3.63) is 29.3 Å². The molecule has 1 amide bonds. The van der Waals surface area contributed by atoms with Crippen molar-refractivity contribution in [1.29, 1.82) is 0 Å². The summed E-state index contributed by atoms with van der Waals surface area (Å²) in [6.07, 6.45) is 2.25. The molecule has 1 aromatic carbocycles. The third-order valence-corrected chi connectivity index (χ3v) is 3.88. The Morgan fingerprint density at radius 3 is 2.75 bits per heavy atom. The van der Waals surface area contributed by atoms with Crippen molar-refractivity contribution >= 4 is 5.91 Å². The van der Waals surface area contributed by atoms with E-state index in [2.05, 4.69) is 0 Å². The van der Waals surface area contributed by atoms with E-state index in [1.54, 1.807) is 4.90 Å². The Bertz CT molecular complexity index is 453. The summed E-state index contributed by atoms with van der Waals surface area (Å²) in [6, 6.07) is 6.01. The fourth-order valence-electron chi connectivity index (χ4n) is 2.76. The number of rotatable bonds is 5. The first-order chi connectivity index (χ1) is 9.63. The van der Waals surface area contributed by atoms with Gasteiger partial charge < -0.3 is 14.7 Å². The van der Waals surface area contributed by atoms with Crippen molar-refractivity contribution in [2.24, 2.45) is 0 Å². The van der Waals surface area contributed by atoms with Gasteiger partial charge in [0.1, 0.15) is 5.75 Å². The van der Waals surface area contributed by atoms with Crippen LogP contribution in [0.2, 0.25) is 0 Å². The number of amides is 1. The van der Waals surface area contributed by atoms with Gasteiger partial charge in [-0.15, -0.1) is 0 Å². The van der Waals surface area contributed by atoms with Crippen LogP contribution in [-0.2, 0) is 4.79 Å². The number of carbonyl (C=O) groups excluding carboxylic acids is 1. The van der Waals surface area contributed by atoms with Crippen molar-refractivity contribution in [3.63, 3.8) is 0 Å². The molecule has 0 bridgehead atoms. The topological polar surface area (TPSA) is 49.8 Å². The first-order valence-electron chi connectivity index (χ1n) is 7.23. The van der Waals surface area contributed by atoms with Crippen LogP contribution in [0.25, 0.3) is 0 Å². The van der Waals surface area contributed by atoms with E-state index in [4.69, 9.17) is 4.74 Å². The van der Waals surface area contributed by atoms with E-state index < -0.39 is 0 Å². The highest BCUT2D eigenvalue weighted by Crippen LogP contribution is 2.23. The molecule has 1 N–H and O–H groups in total. The number of aliphatic hydroxyl groups excluding tert-OH is 1. The average Bonchev–Trinajstić information content (AvgIpc) is 2.90. The lowest BCUT2D eigenvalue weighted by atomic mass is 10.1. The lowest BCUT2D eigenvalue weighted by Crippen LogP contribution is -2.38. The van der Waals surface area contributed by atoms with E-state index in [0.717, 1.165) is 36.3 Å². The maximum absolute atomic E-state index is 12.1. The molecule has 0 radical (unpaired) electrons. The average molecular weight is 277 g/mol. The van der Waals surface area contributed by atoms with Crippen LogP contribution in [0.15, 0.2) is 18.2 Å². The summed E-state index contributed by atoms with van der Waals surface area (Å²) in [4.78, 5) is 13.9. The van der Waals surface area contributed by atoms with E-state index in [-0.39, 0.29) is 18.6 Å². The second-order valence-corrected chi connectivity index (χ2v) is 5.39. The molecule has 1 aliphatic heterocycles. The number of likely N-dealkylation sites (tertiary alicyclic amines) is 1. The van der Waals surface area contributed by atoms with Crippen LogP contribution in [0.1, 0.15) is 30.4 Å². The Balaban J connectivity index is 1.85. The molecule has 0 aliphatic carbocycles. The standard InChI is InChI=1S/C16H23NO3/c1-12-5-3-6-13(2)16(12)20-10-8-15(19)17-9-4-7-14(17)11-18/h3,5-6,14,18H,4,7-11H2,1-2H3/t14-/m0/s1. The van der Waals surface area contributed by atoms with Gasteiger partial charge in [0.2, 0.25) is 5.91 Å². The van der Waals surface area contributed by atoms with Crippen LogP contribution in [-0.4, -0.2) is 41.7 Å². The molecule has 110 valence electrons. The molecule has 4 heteroatoms. The SMILES string of the molecule is Cc1cccc(C)c1OCCC(=O)N1CCC[C@H]1CO. The zero-order valence-corrected chi connectivity index (χ0v) is 12.3. The summed E-state index contributed by atoms with van der Waals surface area (Å²) in [5.41, 5.74) is 2.18. The molecule has 1 heterocycles. The highest BCUT2D eigenvalue weighted by Gasteiger charge is 2.27. The molecule has 20 heavy (non-hydrogen) atoms. The van der Waals surface area contributed by atoms with E-state index >= 15 is 0 Å². The molecule has 4 nitrogen and oxygen atoms in total. The molecule has 2 rings (SSSR count). The normalized spacial score (nSPS) is 18.4. The van der Waals surface area contributed by atoms with Crippen molar-refractivity contribution in [1.82, 2.24) is 4.90 Å². The summed E-state index contributed by atoms with van der Waals surface area (Å²) in [7, 11) is 0. The molecule has 1 aliphatic rings. The molecule has 1 aromatic rings. The summed E-state index contributed by atoms with van der Waals surface area (Å²) >= 11 is 0. The summed E-state index contributed by atoms with van der Waals surface area (Å²) < 4.78 is 5.76. The first kappa shape index (κ1) is 14.9. The largest absolute Gasteiger partial charge is 0.493 e. The van der Waals surface area contributed by atoms with Gasteiger partial charge >= 0.3 is 0 Å². The zero-order chi connectivity index (χ0) is 14.5. The van der Waals surface area contributed by atoms with Crippen molar-refractivity contribution < 1.29 is 14.6 Å². The van der Waals surface area contributed by atoms with Crippen LogP contribution in [0.5, 0.6) is 5.75 Å². The predicted octanol–water partition coefficient (Wildman–Crippen LogP) is 2.06. The number of hydrogen-bond acceptors (Lipinski definition) is 3. The van der Waals surface area contributed by atoms with Crippen LogP contribution in [0.3, 0.4) is 0 Å². The molecule has 0 aromatic heterocycles. The Labute approximate surface area is 120 Å². The monoisotopic (exact) mass is 277 g/mol. The van der Waals surface area contributed by atoms with Gasteiger partial charge in [0, 0.05) is 6.54 Å². The minimum atomic E-state index is 0.00250. The number of para-hydroxylation sites is 1. The quantitative estimate of drug-likeness (QED) is 0.896. The zero-order valence-electron chi connectivity index (χ0n) is 12.3. The van der Waals surface area contributed by atoms with E-state index in [9.17, 15) is 9.90 Å². The number of aliphatic hydroxyl groups is 1. The molecule has 0 unspecified atom stereocenters. The van der Waals surface area contributed by atoms with Crippen LogP contribution in [0, 0.1) is 13.8 Å². The molecule has 0 spiro atoms. The van der Waals surface area contributed by atoms with Crippen LogP contribution in [0.4, 0.5) is 0 Å². The second kappa shape index (κ2) is 6.75. The van der Waals surface area contributed by atoms with Gasteiger partial charge in [0.05, 0.1) is 25.7 Å². The summed E-state index contributed by atoms with van der Waals surface area (Å²) in [5, 5.41) is 9.24. The molecule has 1 atom stereocenters. The fourth-order valence-corrected chi connectivity index (χ4v) is 2.76. The van der Waals surface area contributed by atoms with Gasteiger partial charge in [-0.25, -0.2) is 0 Å². The van der Waals surface area contributed by atoms with Gasteiger partial charge in [-0.05, 0) is 37.8 Å². The van der Waals surface area contributed by atoms with Gasteiger partial charge in [-0.1, -0.05) is 18.2 Å². The van der Waals surface area contributed by atoms with Crippen molar-refractivity contribution in [3.8, 4) is 5.75 Å². The van der Waals surface area contributed by atoms with Crippen LogP contribution < -0.4 is 4.74 Å². The molecule has 1 fully saturated rings. The van der Waals surface area contributed by atoms with E-state index in [1.165, 1.54) is 0 Å². The van der Waals surface area contributed by atoms with Gasteiger partial charge in [-0.3, -0.25) is 4.79 Å². The Morgan fingerprint density at radius 1 is 1.40 bits per heavy atom. The number of carbonyl (C=O) groups is 1. The highest BCUT2D eigenvalue weighted by molar-refractivity contribution is 5.77. The summed E-state index contributed by atoms with van der Waals surface area (Å²) in [5.74, 6) is 0.952. The van der Waals surface area contributed by atoms with Gasteiger partial charge in [-0.2, -0.15) is 0 Å². The Kier molecular flexibility index (Phi) is 5.01. The smallest absolute Gasteiger partial charge is 0.226 e. The number of nitrogens with zero attached hydrogens (tertiary/aromatic N) is 1. The predicted molar refractivity (Wildman–Crippen MR) is 77.8 cm³/mol. The van der Waals surface area contributed by atoms with Gasteiger partial charge in [0.25, 0.3) is 0 Å². The number of ether oxygens (including phenoxy) is 1. The third-order valence-electron chi connectivity index (χ3n) is 3.88. The summed E-state index contributed by atoms with van der Waals surface area (Å²) in [6.45, 7) is 5.22. The number of hydrogen-bond donors (Lipinski definition) is 1. The van der Waals surface area contributed by atoms with Crippen molar-refractivity contribution in [2.45, 2.75) is 39.2 Å². The number of benzene rings is 1. The molecular formula is C16H23NO3. The first-order valence-corrected chi connectivity index (χ1v) is 7.23. The maximum Gasteiger partial charge on any atom is 0.226 e. The van der Waals surface area contributed by atoms with Crippen LogP contribution >= 0.6 is 0 Å².